The number of allylic oxidation sites excluding steroid dienone is 1. The van der Waals surface area contributed by atoms with Crippen molar-refractivity contribution in [1.29, 1.82) is 0 Å². The van der Waals surface area contributed by atoms with Crippen LogP contribution >= 0.6 is 0 Å². The molecule has 110 valence electrons. The van der Waals surface area contributed by atoms with Crippen molar-refractivity contribution in [3.63, 3.8) is 0 Å². The van der Waals surface area contributed by atoms with E-state index in [9.17, 15) is 14.4 Å². The molecule has 0 N–H and O–H groups in total. The topological polar surface area (TPSA) is 82.1 Å². The second kappa shape index (κ2) is 4.81. The van der Waals surface area contributed by atoms with Gasteiger partial charge in [0.1, 0.15) is 6.04 Å². The number of hydrogen-bond donors (Lipinski definition) is 0. The molecule has 0 bridgehead atoms. The number of likely N-dealkylation sites (tertiary alicyclic amines) is 1. The summed E-state index contributed by atoms with van der Waals surface area (Å²) in [5.41, 5.74) is 0.309. The predicted molar refractivity (Wildman–Crippen MR) is 66.1 cm³/mol. The number of carbonyl (C=O) groups excluding carboxylic acids is 3. The molecular formula is C13H17NO6. The van der Waals surface area contributed by atoms with E-state index < -0.39 is 29.7 Å². The van der Waals surface area contributed by atoms with Crippen molar-refractivity contribution in [2.45, 2.75) is 38.5 Å². The summed E-state index contributed by atoms with van der Waals surface area (Å²) in [7, 11) is 2.93. The maximum absolute atomic E-state index is 12.0. The van der Waals surface area contributed by atoms with Crippen molar-refractivity contribution in [1.82, 2.24) is 4.90 Å². The fraction of sp³-hybridized carbons (Fsp3) is 0.615. The number of cyclic esters (lactones) is 2. The van der Waals surface area contributed by atoms with Crippen molar-refractivity contribution >= 4 is 17.9 Å². The first kappa shape index (κ1) is 14.4. The van der Waals surface area contributed by atoms with Gasteiger partial charge in [0, 0.05) is 26.6 Å². The van der Waals surface area contributed by atoms with Crippen molar-refractivity contribution in [2.24, 2.45) is 0 Å². The molecular weight excluding hydrogens is 266 g/mol. The van der Waals surface area contributed by atoms with Crippen molar-refractivity contribution in [2.75, 3.05) is 14.2 Å². The molecule has 2 aliphatic heterocycles. The van der Waals surface area contributed by atoms with E-state index in [0.29, 0.717) is 18.5 Å². The molecule has 7 heteroatoms. The van der Waals surface area contributed by atoms with Gasteiger partial charge in [0.25, 0.3) is 5.79 Å². The first-order valence-corrected chi connectivity index (χ1v) is 6.27. The Morgan fingerprint density at radius 1 is 1.30 bits per heavy atom. The zero-order chi connectivity index (χ0) is 15.1. The van der Waals surface area contributed by atoms with Crippen LogP contribution in [0.1, 0.15) is 26.7 Å². The SMILES string of the molecule is COC(=O)C1CCC(=C2C(=O)OC(C)(C)OC2=O)N1C. The van der Waals surface area contributed by atoms with Gasteiger partial charge in [-0.3, -0.25) is 0 Å². The molecule has 20 heavy (non-hydrogen) atoms. The average molecular weight is 283 g/mol. The maximum atomic E-state index is 12.0. The number of methoxy groups -OCH3 is 1. The third-order valence-electron chi connectivity index (χ3n) is 3.39. The summed E-state index contributed by atoms with van der Waals surface area (Å²) in [5, 5.41) is 0. The molecule has 0 aromatic rings. The highest BCUT2D eigenvalue weighted by molar-refractivity contribution is 6.16. The van der Waals surface area contributed by atoms with E-state index in [2.05, 4.69) is 0 Å². The fourth-order valence-corrected chi connectivity index (χ4v) is 2.43. The number of nitrogens with zero attached hydrogens (tertiary/aromatic N) is 1. The molecule has 0 aromatic heterocycles. The molecule has 0 aromatic carbocycles. The molecule has 1 atom stereocenters. The largest absolute Gasteiger partial charge is 0.467 e. The Balaban J connectivity index is 2.32. The zero-order valence-electron chi connectivity index (χ0n) is 11.9. The Morgan fingerprint density at radius 3 is 2.35 bits per heavy atom. The lowest BCUT2D eigenvalue weighted by Gasteiger charge is -2.31. The number of carbonyl (C=O) groups is 3. The van der Waals surface area contributed by atoms with Crippen molar-refractivity contribution < 1.29 is 28.6 Å². The van der Waals surface area contributed by atoms with E-state index in [0.717, 1.165) is 0 Å². The van der Waals surface area contributed by atoms with Gasteiger partial charge in [-0.1, -0.05) is 0 Å². The quantitative estimate of drug-likeness (QED) is 0.390. The maximum Gasteiger partial charge on any atom is 0.350 e. The van der Waals surface area contributed by atoms with E-state index in [1.807, 2.05) is 0 Å². The van der Waals surface area contributed by atoms with Crippen LogP contribution in [0, 0.1) is 0 Å². The van der Waals surface area contributed by atoms with Gasteiger partial charge < -0.3 is 19.1 Å². The molecule has 1 unspecified atom stereocenters. The molecule has 2 aliphatic rings. The van der Waals surface area contributed by atoms with Gasteiger partial charge >= 0.3 is 17.9 Å². The summed E-state index contributed by atoms with van der Waals surface area (Å²) in [6.07, 6.45) is 0.891. The lowest BCUT2D eigenvalue weighted by Crippen LogP contribution is -2.43. The van der Waals surface area contributed by atoms with Crippen LogP contribution in [-0.4, -0.2) is 48.8 Å². The zero-order valence-corrected chi connectivity index (χ0v) is 11.9. The summed E-state index contributed by atoms with van der Waals surface area (Å²) < 4.78 is 14.8. The molecule has 7 nitrogen and oxygen atoms in total. The highest BCUT2D eigenvalue weighted by atomic mass is 16.7. The first-order valence-electron chi connectivity index (χ1n) is 6.27. The lowest BCUT2D eigenvalue weighted by atomic mass is 10.1. The van der Waals surface area contributed by atoms with Crippen LogP contribution in [0.15, 0.2) is 11.3 Å². The Morgan fingerprint density at radius 2 is 1.85 bits per heavy atom. The minimum Gasteiger partial charge on any atom is -0.467 e. The van der Waals surface area contributed by atoms with Gasteiger partial charge in [0.05, 0.1) is 7.11 Å². The van der Waals surface area contributed by atoms with Gasteiger partial charge in [-0.05, 0) is 12.8 Å². The molecule has 0 aliphatic carbocycles. The molecule has 2 fully saturated rings. The number of rotatable bonds is 1. The summed E-state index contributed by atoms with van der Waals surface area (Å²) in [6, 6.07) is -0.502. The monoisotopic (exact) mass is 283 g/mol. The minimum atomic E-state index is -1.27. The van der Waals surface area contributed by atoms with E-state index in [1.54, 1.807) is 11.9 Å². The molecule has 0 saturated carbocycles. The molecule has 2 heterocycles. The smallest absolute Gasteiger partial charge is 0.350 e. The summed E-state index contributed by atoms with van der Waals surface area (Å²) in [5.74, 6) is -3.12. The van der Waals surface area contributed by atoms with Gasteiger partial charge in [0.15, 0.2) is 5.57 Å². The molecule has 2 rings (SSSR count). The average Bonchev–Trinajstić information content (AvgIpc) is 2.68. The van der Waals surface area contributed by atoms with E-state index in [1.165, 1.54) is 21.0 Å². The first-order chi connectivity index (χ1) is 9.26. The highest BCUT2D eigenvalue weighted by Crippen LogP contribution is 2.33. The Labute approximate surface area is 116 Å². The minimum absolute atomic E-state index is 0.141. The summed E-state index contributed by atoms with van der Waals surface area (Å²) in [4.78, 5) is 37.1. The van der Waals surface area contributed by atoms with Crippen LogP contribution in [0.4, 0.5) is 0 Å². The van der Waals surface area contributed by atoms with E-state index >= 15 is 0 Å². The van der Waals surface area contributed by atoms with Gasteiger partial charge in [0.2, 0.25) is 0 Å². The molecule has 0 amide bonds. The van der Waals surface area contributed by atoms with Crippen LogP contribution in [0.3, 0.4) is 0 Å². The van der Waals surface area contributed by atoms with Crippen molar-refractivity contribution in [3.05, 3.63) is 11.3 Å². The van der Waals surface area contributed by atoms with Gasteiger partial charge in [-0.25, -0.2) is 14.4 Å². The van der Waals surface area contributed by atoms with E-state index in [4.69, 9.17) is 14.2 Å². The van der Waals surface area contributed by atoms with Crippen LogP contribution in [0.2, 0.25) is 0 Å². The number of hydrogen-bond acceptors (Lipinski definition) is 7. The summed E-state index contributed by atoms with van der Waals surface area (Å²) in [6.45, 7) is 2.97. The number of likely N-dealkylation sites (N-methyl/N-ethyl adjacent to an activating group) is 1. The molecule has 0 radical (unpaired) electrons. The fourth-order valence-electron chi connectivity index (χ4n) is 2.43. The second-order valence-corrected chi connectivity index (χ2v) is 5.19. The second-order valence-electron chi connectivity index (χ2n) is 5.19. The summed E-state index contributed by atoms with van der Waals surface area (Å²) >= 11 is 0. The highest BCUT2D eigenvalue weighted by Gasteiger charge is 2.44. The standard InChI is InChI=1S/C13H17NO6/c1-13(2)19-11(16)9(12(17)20-13)7-5-6-8(14(7)3)10(15)18-4/h8H,5-6H2,1-4H3. The molecule has 0 spiro atoms. The normalized spacial score (nSPS) is 25.4. The third-order valence-corrected chi connectivity index (χ3v) is 3.39. The van der Waals surface area contributed by atoms with Crippen LogP contribution in [0.25, 0.3) is 0 Å². The molecule has 2 saturated heterocycles. The van der Waals surface area contributed by atoms with Crippen LogP contribution in [0.5, 0.6) is 0 Å². The Hall–Kier alpha value is -2.05. The van der Waals surface area contributed by atoms with Crippen LogP contribution < -0.4 is 0 Å². The number of esters is 3. The van der Waals surface area contributed by atoms with E-state index in [-0.39, 0.29) is 5.57 Å². The Kier molecular flexibility index (Phi) is 3.45. The number of ether oxygens (including phenoxy) is 3. The lowest BCUT2D eigenvalue weighted by molar-refractivity contribution is -0.222. The van der Waals surface area contributed by atoms with Gasteiger partial charge in [-0.2, -0.15) is 0 Å². The predicted octanol–water partition coefficient (Wildman–Crippen LogP) is 0.344. The third kappa shape index (κ3) is 2.35. The Bertz CT molecular complexity index is 485. The van der Waals surface area contributed by atoms with Crippen LogP contribution in [-0.2, 0) is 28.6 Å². The van der Waals surface area contributed by atoms with Gasteiger partial charge in [-0.15, -0.1) is 0 Å². The van der Waals surface area contributed by atoms with Crippen molar-refractivity contribution in [3.8, 4) is 0 Å².